The predicted molar refractivity (Wildman–Crippen MR) is 98.7 cm³/mol. The lowest BCUT2D eigenvalue weighted by molar-refractivity contribution is 0.0999. The van der Waals surface area contributed by atoms with Crippen LogP contribution in [0.1, 0.15) is 15.9 Å². The van der Waals surface area contributed by atoms with Crippen molar-refractivity contribution in [2.75, 3.05) is 0 Å². The average molecular weight is 401 g/mol. The first-order valence-electron chi connectivity index (χ1n) is 6.62. The van der Waals surface area contributed by atoms with Crippen LogP contribution in [-0.2, 0) is 5.75 Å². The van der Waals surface area contributed by atoms with E-state index in [4.69, 9.17) is 28.9 Å². The number of amides is 1. The second-order valence-electron chi connectivity index (χ2n) is 4.89. The number of aromatic nitrogens is 1. The van der Waals surface area contributed by atoms with Gasteiger partial charge in [-0.2, -0.15) is 0 Å². The summed E-state index contributed by atoms with van der Waals surface area (Å²) in [6.07, 6.45) is 0. The fraction of sp³-hybridized carbons (Fsp3) is 0.0667. The highest BCUT2D eigenvalue weighted by Gasteiger charge is 2.20. The highest BCUT2D eigenvalue weighted by Crippen LogP contribution is 2.41. The third kappa shape index (κ3) is 3.25. The molecular formula is C15H10Cl2N2O3S2. The molecule has 3 aromatic rings. The summed E-state index contributed by atoms with van der Waals surface area (Å²) in [6, 6.07) is 6.34. The molecule has 2 heterocycles. The maximum absolute atomic E-state index is 11.8. The van der Waals surface area contributed by atoms with Crippen LogP contribution in [0.15, 0.2) is 33.3 Å². The molecule has 0 bridgehead atoms. The number of carbonyl (C=O) groups is 1. The fourth-order valence-corrected chi connectivity index (χ4v) is 4.88. The van der Waals surface area contributed by atoms with Gasteiger partial charge in [0.1, 0.15) is 5.75 Å². The number of H-pyrrole nitrogens is 1. The first-order valence-corrected chi connectivity index (χ1v) is 9.18. The van der Waals surface area contributed by atoms with Crippen molar-refractivity contribution in [3.63, 3.8) is 0 Å². The van der Waals surface area contributed by atoms with E-state index in [0.29, 0.717) is 24.7 Å². The number of aromatic hydroxyl groups is 1. The Labute approximate surface area is 154 Å². The number of rotatable bonds is 4. The average Bonchev–Trinajstić information content (AvgIpc) is 2.87. The molecule has 2 aromatic heterocycles. The van der Waals surface area contributed by atoms with Crippen LogP contribution in [0.25, 0.3) is 10.2 Å². The van der Waals surface area contributed by atoms with Crippen molar-refractivity contribution in [2.45, 2.75) is 9.96 Å². The number of benzene rings is 1. The van der Waals surface area contributed by atoms with Gasteiger partial charge in [0.05, 0.1) is 30.0 Å². The van der Waals surface area contributed by atoms with E-state index < -0.39 is 11.5 Å². The van der Waals surface area contributed by atoms with E-state index in [-0.39, 0.29) is 16.8 Å². The summed E-state index contributed by atoms with van der Waals surface area (Å²) in [6.45, 7) is 0. The van der Waals surface area contributed by atoms with E-state index in [1.54, 1.807) is 12.1 Å². The van der Waals surface area contributed by atoms with Gasteiger partial charge in [0, 0.05) is 11.8 Å². The second-order valence-corrected chi connectivity index (χ2v) is 7.97. The maximum Gasteiger partial charge on any atom is 0.252 e. The van der Waals surface area contributed by atoms with E-state index in [1.807, 2.05) is 6.07 Å². The molecule has 0 radical (unpaired) electrons. The molecular weight excluding hydrogens is 391 g/mol. The van der Waals surface area contributed by atoms with E-state index in [2.05, 4.69) is 4.98 Å². The highest BCUT2D eigenvalue weighted by molar-refractivity contribution is 8.00. The van der Waals surface area contributed by atoms with Crippen molar-refractivity contribution in [2.24, 2.45) is 5.73 Å². The number of nitrogens with one attached hydrogen (secondary N) is 1. The number of primary amides is 1. The van der Waals surface area contributed by atoms with Gasteiger partial charge in [-0.15, -0.1) is 23.1 Å². The summed E-state index contributed by atoms with van der Waals surface area (Å²) in [7, 11) is 0. The van der Waals surface area contributed by atoms with Crippen LogP contribution in [0.2, 0.25) is 10.0 Å². The molecule has 0 aliphatic heterocycles. The van der Waals surface area contributed by atoms with Crippen molar-refractivity contribution in [1.82, 2.24) is 4.98 Å². The maximum atomic E-state index is 11.8. The molecule has 0 saturated heterocycles. The van der Waals surface area contributed by atoms with Gasteiger partial charge in [-0.1, -0.05) is 29.3 Å². The number of thiophene rings is 1. The normalized spacial score (nSPS) is 11.1. The quantitative estimate of drug-likeness (QED) is 0.576. The molecule has 0 spiro atoms. The molecule has 0 aliphatic carbocycles. The molecule has 24 heavy (non-hydrogen) atoms. The number of aromatic amines is 1. The first kappa shape index (κ1) is 17.2. The Morgan fingerprint density at radius 3 is 2.71 bits per heavy atom. The van der Waals surface area contributed by atoms with Gasteiger partial charge in [-0.25, -0.2) is 0 Å². The zero-order valence-corrected chi connectivity index (χ0v) is 15.1. The van der Waals surface area contributed by atoms with Gasteiger partial charge < -0.3 is 15.8 Å². The summed E-state index contributed by atoms with van der Waals surface area (Å²) >= 11 is 14.4. The number of hydrogen-bond donors (Lipinski definition) is 3. The van der Waals surface area contributed by atoms with Crippen molar-refractivity contribution in [1.29, 1.82) is 0 Å². The van der Waals surface area contributed by atoms with Gasteiger partial charge in [-0.3, -0.25) is 9.59 Å². The minimum Gasteiger partial charge on any atom is -0.506 e. The van der Waals surface area contributed by atoms with Gasteiger partial charge in [0.15, 0.2) is 0 Å². The summed E-state index contributed by atoms with van der Waals surface area (Å²) in [5, 5.41) is 10.8. The second kappa shape index (κ2) is 6.68. The number of halogens is 2. The Bertz CT molecular complexity index is 1010. The van der Waals surface area contributed by atoms with Crippen molar-refractivity contribution >= 4 is 62.4 Å². The Hall–Kier alpha value is -1.67. The zero-order valence-electron chi connectivity index (χ0n) is 11.9. The third-order valence-electron chi connectivity index (χ3n) is 3.22. The summed E-state index contributed by atoms with van der Waals surface area (Å²) in [5.74, 6) is -0.323. The van der Waals surface area contributed by atoms with Gasteiger partial charge in [-0.05, 0) is 17.7 Å². The van der Waals surface area contributed by atoms with E-state index in [0.717, 1.165) is 11.6 Å². The molecule has 5 nitrogen and oxygen atoms in total. The number of pyridine rings is 1. The number of fused-ring (bicyclic) bond motifs is 1. The molecule has 0 fully saturated rings. The molecule has 0 unspecified atom stereocenters. The lowest BCUT2D eigenvalue weighted by Gasteiger charge is -2.03. The molecule has 0 saturated carbocycles. The van der Waals surface area contributed by atoms with Crippen molar-refractivity contribution < 1.29 is 9.90 Å². The monoisotopic (exact) mass is 400 g/mol. The van der Waals surface area contributed by atoms with E-state index in [9.17, 15) is 14.7 Å². The molecule has 124 valence electrons. The van der Waals surface area contributed by atoms with Crippen LogP contribution in [-0.4, -0.2) is 16.0 Å². The zero-order chi connectivity index (χ0) is 17.4. The van der Waals surface area contributed by atoms with Crippen molar-refractivity contribution in [3.05, 3.63) is 55.8 Å². The summed E-state index contributed by atoms with van der Waals surface area (Å²) < 4.78 is 1.03. The van der Waals surface area contributed by atoms with Gasteiger partial charge in [0.2, 0.25) is 0 Å². The largest absolute Gasteiger partial charge is 0.506 e. The van der Waals surface area contributed by atoms with Crippen LogP contribution in [0.3, 0.4) is 0 Å². The summed E-state index contributed by atoms with van der Waals surface area (Å²) in [4.78, 5) is 25.9. The number of carbonyl (C=O) groups excluding carboxylic acids is 1. The van der Waals surface area contributed by atoms with Gasteiger partial charge >= 0.3 is 0 Å². The summed E-state index contributed by atoms with van der Waals surface area (Å²) in [5.41, 5.74) is 6.33. The van der Waals surface area contributed by atoms with Gasteiger partial charge in [0.25, 0.3) is 11.5 Å². The van der Waals surface area contributed by atoms with Crippen LogP contribution >= 0.6 is 46.3 Å². The Balaban J connectivity index is 2.01. The third-order valence-corrected chi connectivity index (χ3v) is 6.52. The molecule has 0 atom stereocenters. The van der Waals surface area contributed by atoms with E-state index in [1.165, 1.54) is 23.1 Å². The molecule has 0 aliphatic rings. The fourth-order valence-electron chi connectivity index (χ4n) is 2.16. The minimum absolute atomic E-state index is 0.178. The Morgan fingerprint density at radius 1 is 1.29 bits per heavy atom. The smallest absolute Gasteiger partial charge is 0.252 e. The van der Waals surface area contributed by atoms with Crippen molar-refractivity contribution in [3.8, 4) is 5.75 Å². The molecule has 1 aromatic carbocycles. The first-order chi connectivity index (χ1) is 11.4. The standard InChI is InChI=1S/C15H10Cl2N2O3S2/c16-7-2-1-6(3-8(7)17)5-23-15-11(14(18)22)12-13(24-15)9(20)4-10(21)19-12/h1-4H,5H2,(H2,18,22)(H2,19,20,21). The highest BCUT2D eigenvalue weighted by atomic mass is 35.5. The number of thioether (sulfide) groups is 1. The number of nitrogens with two attached hydrogens (primary N) is 1. The van der Waals surface area contributed by atoms with Crippen LogP contribution in [0.5, 0.6) is 5.75 Å². The topological polar surface area (TPSA) is 96.2 Å². The molecule has 1 amide bonds. The lowest BCUT2D eigenvalue weighted by atomic mass is 10.2. The number of hydrogen-bond acceptors (Lipinski definition) is 5. The lowest BCUT2D eigenvalue weighted by Crippen LogP contribution is -2.13. The van der Waals surface area contributed by atoms with Crippen LogP contribution < -0.4 is 11.3 Å². The SMILES string of the molecule is NC(=O)c1c(SCc2ccc(Cl)c(Cl)c2)sc2c(O)cc(=O)[nH]c12. The molecule has 3 rings (SSSR count). The van der Waals surface area contributed by atoms with Crippen LogP contribution in [0, 0.1) is 0 Å². The molecule has 4 N–H and O–H groups in total. The van der Waals surface area contributed by atoms with Crippen LogP contribution in [0.4, 0.5) is 0 Å². The van der Waals surface area contributed by atoms with E-state index >= 15 is 0 Å². The molecule has 9 heteroatoms. The predicted octanol–water partition coefficient (Wildman–Crippen LogP) is 3.99. The Kier molecular flexibility index (Phi) is 4.78. The Morgan fingerprint density at radius 2 is 2.04 bits per heavy atom. The minimum atomic E-state index is -0.667.